The number of hydrogen-bond acceptors (Lipinski definition) is 1. The number of rotatable bonds is 1. The molecule has 62 valence electrons. The van der Waals surface area contributed by atoms with Crippen LogP contribution in [0, 0.1) is 5.92 Å². The molecule has 1 aliphatic carbocycles. The maximum atomic E-state index is 9.39. The highest BCUT2D eigenvalue weighted by Gasteiger charge is 2.35. The molecule has 1 aliphatic rings. The van der Waals surface area contributed by atoms with Crippen LogP contribution >= 0.6 is 34.8 Å². The first-order valence-electron chi connectivity index (χ1n) is 3.11. The molecule has 0 amide bonds. The fraction of sp³-hybridized carbons (Fsp3) is 0.429. The molecule has 4 heteroatoms. The largest absolute Gasteiger partial charge is 0.388 e. The van der Waals surface area contributed by atoms with Crippen LogP contribution in [0.3, 0.4) is 0 Å². The summed E-state index contributed by atoms with van der Waals surface area (Å²) in [6, 6.07) is 0. The number of aliphatic hydroxyl groups excluding tert-OH is 1. The first-order chi connectivity index (χ1) is 5.02. The van der Waals surface area contributed by atoms with Crippen molar-refractivity contribution in [2.75, 3.05) is 0 Å². The highest BCUT2D eigenvalue weighted by atomic mass is 35.6. The van der Waals surface area contributed by atoms with Crippen LogP contribution in [-0.4, -0.2) is 15.0 Å². The second kappa shape index (κ2) is 3.36. The fourth-order valence-corrected chi connectivity index (χ4v) is 1.31. The fourth-order valence-electron chi connectivity index (χ4n) is 0.878. The molecule has 0 saturated carbocycles. The van der Waals surface area contributed by atoms with Crippen LogP contribution in [0.15, 0.2) is 24.3 Å². The molecule has 11 heavy (non-hydrogen) atoms. The average Bonchev–Trinajstić information content (AvgIpc) is 2.34. The number of alkyl halides is 3. The van der Waals surface area contributed by atoms with E-state index < -0.39 is 9.90 Å². The van der Waals surface area contributed by atoms with Crippen molar-refractivity contribution in [3.63, 3.8) is 0 Å². The Hall–Kier alpha value is 0.310. The third-order valence-corrected chi connectivity index (χ3v) is 2.15. The minimum absolute atomic E-state index is 0.178. The molecule has 0 aromatic heterocycles. The lowest BCUT2D eigenvalue weighted by Crippen LogP contribution is -2.30. The molecule has 0 fully saturated rings. The minimum Gasteiger partial charge on any atom is -0.388 e. The van der Waals surface area contributed by atoms with Crippen molar-refractivity contribution in [2.24, 2.45) is 5.92 Å². The van der Waals surface area contributed by atoms with Gasteiger partial charge in [-0.05, 0) is 0 Å². The van der Waals surface area contributed by atoms with E-state index >= 15 is 0 Å². The molecule has 0 radical (unpaired) electrons. The van der Waals surface area contributed by atoms with Crippen LogP contribution in [0.1, 0.15) is 0 Å². The van der Waals surface area contributed by atoms with Crippen molar-refractivity contribution in [3.05, 3.63) is 24.3 Å². The zero-order valence-corrected chi connectivity index (χ0v) is 7.81. The lowest BCUT2D eigenvalue weighted by atomic mass is 10.1. The maximum absolute atomic E-state index is 9.39. The SMILES string of the molecule is O[C@@H](C1C=CC=C1)C(Cl)(Cl)Cl. The third kappa shape index (κ3) is 2.38. The highest BCUT2D eigenvalue weighted by molar-refractivity contribution is 6.68. The van der Waals surface area contributed by atoms with E-state index in [1.165, 1.54) is 0 Å². The first-order valence-corrected chi connectivity index (χ1v) is 4.25. The molecule has 0 aromatic rings. The Labute approximate surface area is 80.2 Å². The van der Waals surface area contributed by atoms with E-state index in [-0.39, 0.29) is 5.92 Å². The molecule has 1 rings (SSSR count). The van der Waals surface area contributed by atoms with E-state index in [2.05, 4.69) is 0 Å². The Morgan fingerprint density at radius 1 is 1.18 bits per heavy atom. The van der Waals surface area contributed by atoms with Crippen LogP contribution < -0.4 is 0 Å². The van der Waals surface area contributed by atoms with Crippen molar-refractivity contribution >= 4 is 34.8 Å². The summed E-state index contributed by atoms with van der Waals surface area (Å²) in [5.41, 5.74) is 0. The summed E-state index contributed by atoms with van der Waals surface area (Å²) in [6.07, 6.45) is 6.22. The Morgan fingerprint density at radius 2 is 1.64 bits per heavy atom. The van der Waals surface area contributed by atoms with Gasteiger partial charge in [-0.2, -0.15) is 0 Å². The van der Waals surface area contributed by atoms with Gasteiger partial charge in [0.2, 0.25) is 3.79 Å². The van der Waals surface area contributed by atoms with Gasteiger partial charge in [0.05, 0.1) is 0 Å². The van der Waals surface area contributed by atoms with Crippen LogP contribution in [0.4, 0.5) is 0 Å². The minimum atomic E-state index is -1.61. The molecule has 1 atom stereocenters. The van der Waals surface area contributed by atoms with E-state index in [0.717, 1.165) is 0 Å². The Bertz CT molecular complexity index is 180. The Morgan fingerprint density at radius 3 is 2.00 bits per heavy atom. The average molecular weight is 213 g/mol. The second-order valence-corrected chi connectivity index (χ2v) is 4.70. The van der Waals surface area contributed by atoms with E-state index in [1.807, 2.05) is 12.2 Å². The van der Waals surface area contributed by atoms with Gasteiger partial charge in [0.1, 0.15) is 6.10 Å². The summed E-state index contributed by atoms with van der Waals surface area (Å²) in [6.45, 7) is 0. The van der Waals surface area contributed by atoms with Gasteiger partial charge in [-0.15, -0.1) is 0 Å². The van der Waals surface area contributed by atoms with Crippen LogP contribution in [0.5, 0.6) is 0 Å². The number of allylic oxidation sites excluding steroid dienone is 2. The number of halogens is 3. The summed E-state index contributed by atoms with van der Waals surface area (Å²) in [5, 5.41) is 9.39. The first kappa shape index (κ1) is 9.40. The van der Waals surface area contributed by atoms with Gasteiger partial charge in [0.25, 0.3) is 0 Å². The number of aliphatic hydroxyl groups is 1. The molecule has 0 spiro atoms. The standard InChI is InChI=1S/C7H7Cl3O/c8-7(9,10)6(11)5-3-1-2-4-5/h1-6,11H/t6-/m0/s1. The summed E-state index contributed by atoms with van der Waals surface area (Å²) in [4.78, 5) is 0. The molecule has 0 saturated heterocycles. The van der Waals surface area contributed by atoms with Gasteiger partial charge < -0.3 is 5.11 Å². The molecule has 0 aromatic carbocycles. The van der Waals surface area contributed by atoms with E-state index in [4.69, 9.17) is 34.8 Å². The Balaban J connectivity index is 2.61. The summed E-state index contributed by atoms with van der Waals surface area (Å²) in [7, 11) is 0. The van der Waals surface area contributed by atoms with Crippen molar-refractivity contribution in [1.82, 2.24) is 0 Å². The quantitative estimate of drug-likeness (QED) is 0.664. The molecular weight excluding hydrogens is 206 g/mol. The zero-order chi connectivity index (χ0) is 8.48. The summed E-state index contributed by atoms with van der Waals surface area (Å²) < 4.78 is -1.61. The summed E-state index contributed by atoms with van der Waals surface area (Å²) >= 11 is 16.4. The van der Waals surface area contributed by atoms with Crippen molar-refractivity contribution in [1.29, 1.82) is 0 Å². The lowest BCUT2D eigenvalue weighted by molar-refractivity contribution is 0.153. The van der Waals surface area contributed by atoms with E-state index in [0.29, 0.717) is 0 Å². The lowest BCUT2D eigenvalue weighted by Gasteiger charge is -2.22. The predicted octanol–water partition coefficient (Wildman–Crippen LogP) is 2.46. The molecule has 0 heterocycles. The van der Waals surface area contributed by atoms with Crippen LogP contribution in [0.2, 0.25) is 0 Å². The molecule has 0 aliphatic heterocycles. The third-order valence-electron chi connectivity index (χ3n) is 1.48. The van der Waals surface area contributed by atoms with Gasteiger partial charge in [-0.3, -0.25) is 0 Å². The smallest absolute Gasteiger partial charge is 0.216 e. The molecule has 0 unspecified atom stereocenters. The highest BCUT2D eigenvalue weighted by Crippen LogP contribution is 2.35. The molecule has 1 N–H and O–H groups in total. The van der Waals surface area contributed by atoms with Gasteiger partial charge in [-0.1, -0.05) is 59.1 Å². The van der Waals surface area contributed by atoms with Gasteiger partial charge >= 0.3 is 0 Å². The van der Waals surface area contributed by atoms with Crippen molar-refractivity contribution < 1.29 is 5.11 Å². The summed E-state index contributed by atoms with van der Waals surface area (Å²) in [5.74, 6) is -0.178. The number of hydrogen-bond donors (Lipinski definition) is 1. The maximum Gasteiger partial charge on any atom is 0.216 e. The topological polar surface area (TPSA) is 20.2 Å². The molecule has 1 nitrogen and oxygen atoms in total. The van der Waals surface area contributed by atoms with Gasteiger partial charge in [0, 0.05) is 5.92 Å². The Kier molecular flexibility index (Phi) is 2.87. The molecular formula is C7H7Cl3O. The van der Waals surface area contributed by atoms with Gasteiger partial charge in [0.15, 0.2) is 0 Å². The second-order valence-electron chi connectivity index (χ2n) is 2.33. The zero-order valence-electron chi connectivity index (χ0n) is 5.55. The van der Waals surface area contributed by atoms with Crippen LogP contribution in [-0.2, 0) is 0 Å². The van der Waals surface area contributed by atoms with Crippen molar-refractivity contribution in [3.8, 4) is 0 Å². The van der Waals surface area contributed by atoms with Crippen LogP contribution in [0.25, 0.3) is 0 Å². The monoisotopic (exact) mass is 212 g/mol. The van der Waals surface area contributed by atoms with E-state index in [9.17, 15) is 5.11 Å². The normalized spacial score (nSPS) is 21.1. The van der Waals surface area contributed by atoms with E-state index in [1.54, 1.807) is 12.2 Å². The predicted molar refractivity (Wildman–Crippen MR) is 48.1 cm³/mol. The van der Waals surface area contributed by atoms with Gasteiger partial charge in [-0.25, -0.2) is 0 Å². The molecule has 0 bridgehead atoms. The van der Waals surface area contributed by atoms with Crippen molar-refractivity contribution in [2.45, 2.75) is 9.90 Å².